The van der Waals surface area contributed by atoms with Crippen LogP contribution in [-0.4, -0.2) is 17.3 Å². The van der Waals surface area contributed by atoms with Crippen LogP contribution in [0.4, 0.5) is 0 Å². The van der Waals surface area contributed by atoms with Crippen molar-refractivity contribution in [1.82, 2.24) is 5.32 Å². The number of halogens is 1. The van der Waals surface area contributed by atoms with Crippen molar-refractivity contribution in [2.75, 3.05) is 6.54 Å². The first-order chi connectivity index (χ1) is 8.16. The van der Waals surface area contributed by atoms with Gasteiger partial charge in [0.1, 0.15) is 0 Å². The molecule has 0 aliphatic heterocycles. The monoisotopic (exact) mass is 315 g/mol. The number of aryl methyl sites for hydroxylation is 1. The Morgan fingerprint density at radius 2 is 2.12 bits per heavy atom. The summed E-state index contributed by atoms with van der Waals surface area (Å²) in [4.78, 5) is 12.6. The van der Waals surface area contributed by atoms with E-state index in [9.17, 15) is 4.79 Å². The van der Waals surface area contributed by atoms with Crippen molar-refractivity contribution in [3.05, 3.63) is 21.9 Å². The quantitative estimate of drug-likeness (QED) is 0.846. The van der Waals surface area contributed by atoms with Crippen LogP contribution >= 0.6 is 27.3 Å². The fourth-order valence-electron chi connectivity index (χ4n) is 2.25. The van der Waals surface area contributed by atoms with E-state index in [0.717, 1.165) is 17.7 Å². The molecular weight excluding hydrogens is 298 g/mol. The molecule has 1 aromatic heterocycles. The number of hydrogen-bond acceptors (Lipinski definition) is 2. The minimum atomic E-state index is 0.0877. The van der Waals surface area contributed by atoms with Gasteiger partial charge in [-0.2, -0.15) is 11.3 Å². The minimum absolute atomic E-state index is 0.0877. The van der Waals surface area contributed by atoms with Crippen molar-refractivity contribution >= 4 is 33.2 Å². The summed E-state index contributed by atoms with van der Waals surface area (Å²) in [6.45, 7) is 2.81. The second-order valence-electron chi connectivity index (χ2n) is 4.80. The molecule has 1 saturated carbocycles. The first kappa shape index (κ1) is 13.1. The molecule has 0 spiro atoms. The molecule has 4 heteroatoms. The van der Waals surface area contributed by atoms with Crippen molar-refractivity contribution in [3.63, 3.8) is 0 Å². The first-order valence-corrected chi connectivity index (χ1v) is 7.97. The van der Waals surface area contributed by atoms with Crippen LogP contribution in [0.3, 0.4) is 0 Å². The van der Waals surface area contributed by atoms with Crippen molar-refractivity contribution in [3.8, 4) is 0 Å². The van der Waals surface area contributed by atoms with Crippen LogP contribution in [0.5, 0.6) is 0 Å². The normalized spacial score (nSPS) is 24.6. The van der Waals surface area contributed by atoms with Gasteiger partial charge in [0, 0.05) is 16.8 Å². The Hall–Kier alpha value is -0.350. The van der Waals surface area contributed by atoms with E-state index in [1.54, 1.807) is 11.3 Å². The molecule has 2 rings (SSSR count). The lowest BCUT2D eigenvalue weighted by Gasteiger charge is -2.25. The van der Waals surface area contributed by atoms with E-state index in [4.69, 9.17) is 0 Å². The third kappa shape index (κ3) is 3.55. The van der Waals surface area contributed by atoms with E-state index in [2.05, 4.69) is 21.2 Å². The highest BCUT2D eigenvalue weighted by Crippen LogP contribution is 2.28. The highest BCUT2D eigenvalue weighted by molar-refractivity contribution is 9.09. The highest BCUT2D eigenvalue weighted by Gasteiger charge is 2.20. The third-order valence-corrected chi connectivity index (χ3v) is 5.20. The van der Waals surface area contributed by atoms with Crippen molar-refractivity contribution < 1.29 is 4.79 Å². The molecule has 94 valence electrons. The summed E-state index contributed by atoms with van der Waals surface area (Å²) in [5, 5.41) is 7.01. The van der Waals surface area contributed by atoms with E-state index in [-0.39, 0.29) is 5.91 Å². The van der Waals surface area contributed by atoms with E-state index in [1.807, 2.05) is 17.7 Å². The molecule has 1 fully saturated rings. The molecule has 1 heterocycles. The van der Waals surface area contributed by atoms with Crippen LogP contribution in [-0.2, 0) is 0 Å². The van der Waals surface area contributed by atoms with Crippen molar-refractivity contribution in [1.29, 1.82) is 0 Å². The van der Waals surface area contributed by atoms with Gasteiger partial charge in [-0.05, 0) is 49.5 Å². The lowest BCUT2D eigenvalue weighted by atomic mass is 9.89. The number of thiophene rings is 1. The number of nitrogens with one attached hydrogen (secondary N) is 1. The molecule has 0 radical (unpaired) electrons. The molecule has 0 unspecified atom stereocenters. The zero-order valence-electron chi connectivity index (χ0n) is 10.0. The maximum Gasteiger partial charge on any atom is 0.252 e. The summed E-state index contributed by atoms with van der Waals surface area (Å²) in [5.74, 6) is 0.747. The van der Waals surface area contributed by atoms with E-state index < -0.39 is 0 Å². The molecule has 0 bridgehead atoms. The number of hydrogen-bond donors (Lipinski definition) is 1. The van der Waals surface area contributed by atoms with Gasteiger partial charge < -0.3 is 5.32 Å². The smallest absolute Gasteiger partial charge is 0.252 e. The molecule has 0 atom stereocenters. The molecule has 1 aromatic rings. The van der Waals surface area contributed by atoms with Crippen LogP contribution in [0.15, 0.2) is 10.8 Å². The summed E-state index contributed by atoms with van der Waals surface area (Å²) >= 11 is 5.24. The maximum absolute atomic E-state index is 11.9. The average molecular weight is 316 g/mol. The van der Waals surface area contributed by atoms with Gasteiger partial charge in [-0.3, -0.25) is 4.79 Å². The van der Waals surface area contributed by atoms with E-state index in [0.29, 0.717) is 10.7 Å². The lowest BCUT2D eigenvalue weighted by molar-refractivity contribution is 0.0944. The van der Waals surface area contributed by atoms with Crippen LogP contribution < -0.4 is 5.32 Å². The molecule has 0 saturated heterocycles. The van der Waals surface area contributed by atoms with Crippen LogP contribution in [0, 0.1) is 12.8 Å². The molecular formula is C13H18BrNOS. The van der Waals surface area contributed by atoms with E-state index >= 15 is 0 Å². The fourth-order valence-corrected chi connectivity index (χ4v) is 3.61. The zero-order valence-corrected chi connectivity index (χ0v) is 12.4. The van der Waals surface area contributed by atoms with Crippen LogP contribution in [0.1, 0.15) is 41.6 Å². The number of alkyl halides is 1. The van der Waals surface area contributed by atoms with Gasteiger partial charge in [0.25, 0.3) is 5.91 Å². The predicted octanol–water partition coefficient (Wildman–Crippen LogP) is 3.74. The van der Waals surface area contributed by atoms with Crippen LogP contribution in [0.25, 0.3) is 0 Å². The van der Waals surface area contributed by atoms with Gasteiger partial charge in [0.15, 0.2) is 0 Å². The van der Waals surface area contributed by atoms with Gasteiger partial charge in [0.2, 0.25) is 0 Å². The summed E-state index contributed by atoms with van der Waals surface area (Å²) in [5.41, 5.74) is 1.92. The number of carbonyl (C=O) groups excluding carboxylic acids is 1. The van der Waals surface area contributed by atoms with Gasteiger partial charge >= 0.3 is 0 Å². The van der Waals surface area contributed by atoms with Gasteiger partial charge in [-0.25, -0.2) is 0 Å². The Morgan fingerprint density at radius 1 is 1.41 bits per heavy atom. The Bertz CT molecular complexity index is 383. The zero-order chi connectivity index (χ0) is 12.3. The topological polar surface area (TPSA) is 29.1 Å². The Kier molecular flexibility index (Phi) is 4.62. The van der Waals surface area contributed by atoms with Gasteiger partial charge in [-0.1, -0.05) is 15.9 Å². The summed E-state index contributed by atoms with van der Waals surface area (Å²) in [6.07, 6.45) is 4.91. The molecule has 1 N–H and O–H groups in total. The number of amides is 1. The van der Waals surface area contributed by atoms with Crippen molar-refractivity contribution in [2.24, 2.45) is 5.92 Å². The second kappa shape index (κ2) is 6.01. The van der Waals surface area contributed by atoms with E-state index in [1.165, 1.54) is 25.7 Å². The Balaban J connectivity index is 1.79. The standard InChI is InChI=1S/C13H18BrNOS/c1-9-7-17-8-12(9)13(16)15-6-10-2-4-11(14)5-3-10/h7-8,10-11H,2-6H2,1H3,(H,15,16). The summed E-state index contributed by atoms with van der Waals surface area (Å²) in [7, 11) is 0. The maximum atomic E-state index is 11.9. The summed E-state index contributed by atoms with van der Waals surface area (Å²) in [6, 6.07) is 0. The average Bonchev–Trinajstić information content (AvgIpc) is 2.74. The van der Waals surface area contributed by atoms with Gasteiger partial charge in [-0.15, -0.1) is 0 Å². The molecule has 1 amide bonds. The second-order valence-corrected chi connectivity index (χ2v) is 6.84. The largest absolute Gasteiger partial charge is 0.352 e. The first-order valence-electron chi connectivity index (χ1n) is 6.12. The molecule has 17 heavy (non-hydrogen) atoms. The third-order valence-electron chi connectivity index (χ3n) is 3.43. The van der Waals surface area contributed by atoms with Crippen LogP contribution in [0.2, 0.25) is 0 Å². The minimum Gasteiger partial charge on any atom is -0.352 e. The number of rotatable bonds is 3. The van der Waals surface area contributed by atoms with Gasteiger partial charge in [0.05, 0.1) is 5.56 Å². The fraction of sp³-hybridized carbons (Fsp3) is 0.615. The van der Waals surface area contributed by atoms with Crippen molar-refractivity contribution in [2.45, 2.75) is 37.4 Å². The summed E-state index contributed by atoms with van der Waals surface area (Å²) < 4.78 is 0. The molecule has 0 aromatic carbocycles. The molecule has 1 aliphatic carbocycles. The Morgan fingerprint density at radius 3 is 2.71 bits per heavy atom. The number of carbonyl (C=O) groups is 1. The highest BCUT2D eigenvalue weighted by atomic mass is 79.9. The Labute approximate surface area is 115 Å². The molecule has 2 nitrogen and oxygen atoms in total. The lowest BCUT2D eigenvalue weighted by Crippen LogP contribution is -2.31. The predicted molar refractivity (Wildman–Crippen MR) is 76.1 cm³/mol. The molecule has 1 aliphatic rings. The SMILES string of the molecule is Cc1cscc1C(=O)NCC1CCC(Br)CC1.